The maximum absolute atomic E-state index is 13.6. The van der Waals surface area contributed by atoms with E-state index in [-0.39, 0.29) is 12.2 Å². The van der Waals surface area contributed by atoms with E-state index < -0.39 is 17.7 Å². The third-order valence-electron chi connectivity index (χ3n) is 4.22. The van der Waals surface area contributed by atoms with Gasteiger partial charge in [-0.25, -0.2) is 8.78 Å². The van der Waals surface area contributed by atoms with Gasteiger partial charge in [0.05, 0.1) is 6.10 Å². The summed E-state index contributed by atoms with van der Waals surface area (Å²) in [4.78, 5) is 2.27. The van der Waals surface area contributed by atoms with Crippen LogP contribution in [0, 0.1) is 11.6 Å². The Kier molecular flexibility index (Phi) is 6.08. The van der Waals surface area contributed by atoms with Gasteiger partial charge in [0.1, 0.15) is 0 Å². The predicted molar refractivity (Wildman–Crippen MR) is 76.8 cm³/mol. The SMILES string of the molecule is OCCCC1CCCN1CCC(O)c1cccc(F)c1F. The van der Waals surface area contributed by atoms with E-state index in [9.17, 15) is 13.9 Å². The lowest BCUT2D eigenvalue weighted by Crippen LogP contribution is -2.31. The molecule has 118 valence electrons. The van der Waals surface area contributed by atoms with Crippen molar-refractivity contribution >= 4 is 0 Å². The molecule has 5 heteroatoms. The molecule has 1 aliphatic rings. The molecule has 1 saturated heterocycles. The fourth-order valence-corrected chi connectivity index (χ4v) is 3.06. The Bertz CT molecular complexity index is 456. The van der Waals surface area contributed by atoms with Gasteiger partial charge in [-0.1, -0.05) is 12.1 Å². The Hall–Kier alpha value is -1.04. The minimum atomic E-state index is -0.986. The molecule has 1 aromatic carbocycles. The molecule has 0 amide bonds. The predicted octanol–water partition coefficient (Wildman–Crippen LogP) is 2.63. The summed E-state index contributed by atoms with van der Waals surface area (Å²) in [5.74, 6) is -1.88. The average molecular weight is 299 g/mol. The second-order valence-corrected chi connectivity index (χ2v) is 5.65. The number of halogens is 2. The van der Waals surface area contributed by atoms with Crippen LogP contribution in [0.15, 0.2) is 18.2 Å². The molecule has 1 heterocycles. The van der Waals surface area contributed by atoms with Crippen molar-refractivity contribution in [2.45, 2.75) is 44.2 Å². The number of rotatable bonds is 7. The van der Waals surface area contributed by atoms with Crippen molar-refractivity contribution in [3.05, 3.63) is 35.4 Å². The lowest BCUT2D eigenvalue weighted by Gasteiger charge is -2.25. The summed E-state index contributed by atoms with van der Waals surface area (Å²) in [5, 5.41) is 19.0. The first-order valence-corrected chi connectivity index (χ1v) is 7.60. The Morgan fingerprint density at radius 3 is 2.90 bits per heavy atom. The molecule has 2 unspecified atom stereocenters. The Balaban J connectivity index is 1.88. The summed E-state index contributed by atoms with van der Waals surface area (Å²) >= 11 is 0. The highest BCUT2D eigenvalue weighted by Crippen LogP contribution is 2.25. The summed E-state index contributed by atoms with van der Waals surface area (Å²) in [6.45, 7) is 1.82. The Labute approximate surface area is 124 Å². The second-order valence-electron chi connectivity index (χ2n) is 5.65. The van der Waals surface area contributed by atoms with Gasteiger partial charge in [0.15, 0.2) is 11.6 Å². The molecular formula is C16H23F2NO2. The fourth-order valence-electron chi connectivity index (χ4n) is 3.06. The minimum Gasteiger partial charge on any atom is -0.396 e. The van der Waals surface area contributed by atoms with Crippen LogP contribution in [0.1, 0.15) is 43.8 Å². The van der Waals surface area contributed by atoms with E-state index >= 15 is 0 Å². The van der Waals surface area contributed by atoms with Crippen molar-refractivity contribution in [1.29, 1.82) is 0 Å². The van der Waals surface area contributed by atoms with E-state index in [0.717, 1.165) is 38.3 Å². The summed E-state index contributed by atoms with van der Waals surface area (Å²) in [6.07, 6.45) is 3.34. The molecule has 0 saturated carbocycles. The van der Waals surface area contributed by atoms with Gasteiger partial charge in [0.2, 0.25) is 0 Å². The zero-order chi connectivity index (χ0) is 15.2. The van der Waals surface area contributed by atoms with Crippen LogP contribution < -0.4 is 0 Å². The molecule has 3 nitrogen and oxygen atoms in total. The van der Waals surface area contributed by atoms with E-state index in [1.165, 1.54) is 12.1 Å². The molecule has 0 aromatic heterocycles. The molecule has 1 aromatic rings. The molecule has 21 heavy (non-hydrogen) atoms. The second kappa shape index (κ2) is 7.82. The van der Waals surface area contributed by atoms with Crippen molar-refractivity contribution in [2.75, 3.05) is 19.7 Å². The number of nitrogens with zero attached hydrogens (tertiary/aromatic N) is 1. The largest absolute Gasteiger partial charge is 0.396 e. The van der Waals surface area contributed by atoms with Crippen LogP contribution >= 0.6 is 0 Å². The summed E-state index contributed by atoms with van der Waals surface area (Å²) in [7, 11) is 0. The molecule has 0 bridgehead atoms. The molecule has 0 radical (unpaired) electrons. The molecule has 2 rings (SSSR count). The standard InChI is InChI=1S/C16H23F2NO2/c17-14-7-1-6-13(16(14)18)15(21)8-10-19-9-2-4-12(19)5-3-11-20/h1,6-7,12,15,20-21H,2-5,8-11H2. The van der Waals surface area contributed by atoms with Gasteiger partial charge in [0.25, 0.3) is 0 Å². The van der Waals surface area contributed by atoms with Crippen LogP contribution in [0.3, 0.4) is 0 Å². The number of aliphatic hydroxyl groups excluding tert-OH is 2. The van der Waals surface area contributed by atoms with Crippen LogP contribution in [0.5, 0.6) is 0 Å². The quantitative estimate of drug-likeness (QED) is 0.813. The highest BCUT2D eigenvalue weighted by molar-refractivity contribution is 5.21. The van der Waals surface area contributed by atoms with E-state index in [1.54, 1.807) is 0 Å². The maximum atomic E-state index is 13.6. The highest BCUT2D eigenvalue weighted by atomic mass is 19.2. The van der Waals surface area contributed by atoms with Gasteiger partial charge in [-0.3, -0.25) is 0 Å². The van der Waals surface area contributed by atoms with Crippen molar-refractivity contribution in [2.24, 2.45) is 0 Å². The smallest absolute Gasteiger partial charge is 0.164 e. The molecule has 1 aliphatic heterocycles. The number of likely N-dealkylation sites (tertiary alicyclic amines) is 1. The minimum absolute atomic E-state index is 0.0288. The van der Waals surface area contributed by atoms with Crippen molar-refractivity contribution < 1.29 is 19.0 Å². The average Bonchev–Trinajstić information content (AvgIpc) is 2.93. The lowest BCUT2D eigenvalue weighted by atomic mass is 10.0. The Morgan fingerprint density at radius 2 is 2.14 bits per heavy atom. The van der Waals surface area contributed by atoms with Crippen LogP contribution in [-0.2, 0) is 0 Å². The van der Waals surface area contributed by atoms with E-state index in [0.29, 0.717) is 19.0 Å². The van der Waals surface area contributed by atoms with Gasteiger partial charge in [-0.15, -0.1) is 0 Å². The highest BCUT2D eigenvalue weighted by Gasteiger charge is 2.25. The van der Waals surface area contributed by atoms with E-state index in [1.807, 2.05) is 0 Å². The Morgan fingerprint density at radius 1 is 1.33 bits per heavy atom. The van der Waals surface area contributed by atoms with Crippen molar-refractivity contribution in [3.8, 4) is 0 Å². The number of hydrogen-bond acceptors (Lipinski definition) is 3. The zero-order valence-corrected chi connectivity index (χ0v) is 12.1. The van der Waals surface area contributed by atoms with Gasteiger partial charge >= 0.3 is 0 Å². The zero-order valence-electron chi connectivity index (χ0n) is 12.1. The summed E-state index contributed by atoms with van der Waals surface area (Å²) < 4.78 is 26.8. The van der Waals surface area contributed by atoms with Gasteiger partial charge < -0.3 is 15.1 Å². The molecular weight excluding hydrogens is 276 g/mol. The third kappa shape index (κ3) is 4.22. The van der Waals surface area contributed by atoms with Crippen molar-refractivity contribution in [3.63, 3.8) is 0 Å². The molecule has 0 aliphatic carbocycles. The topological polar surface area (TPSA) is 43.7 Å². The molecule has 0 spiro atoms. The van der Waals surface area contributed by atoms with Crippen LogP contribution in [-0.4, -0.2) is 40.9 Å². The molecule has 2 N–H and O–H groups in total. The van der Waals surface area contributed by atoms with Crippen LogP contribution in [0.2, 0.25) is 0 Å². The maximum Gasteiger partial charge on any atom is 0.164 e. The van der Waals surface area contributed by atoms with E-state index in [4.69, 9.17) is 5.11 Å². The normalized spacial score (nSPS) is 20.9. The van der Waals surface area contributed by atoms with Crippen molar-refractivity contribution in [1.82, 2.24) is 4.90 Å². The van der Waals surface area contributed by atoms with Crippen LogP contribution in [0.25, 0.3) is 0 Å². The summed E-state index contributed by atoms with van der Waals surface area (Å²) in [6, 6.07) is 4.33. The van der Waals surface area contributed by atoms with Gasteiger partial charge in [-0.05, 0) is 44.7 Å². The fraction of sp³-hybridized carbons (Fsp3) is 0.625. The monoisotopic (exact) mass is 299 g/mol. The van der Waals surface area contributed by atoms with Gasteiger partial charge in [-0.2, -0.15) is 0 Å². The van der Waals surface area contributed by atoms with Crippen LogP contribution in [0.4, 0.5) is 8.78 Å². The first-order chi connectivity index (χ1) is 10.1. The third-order valence-corrected chi connectivity index (χ3v) is 4.22. The summed E-state index contributed by atoms with van der Waals surface area (Å²) in [5.41, 5.74) is 0.0288. The number of aliphatic hydroxyl groups is 2. The first-order valence-electron chi connectivity index (χ1n) is 7.60. The first kappa shape index (κ1) is 16.3. The molecule has 1 fully saturated rings. The number of benzene rings is 1. The van der Waals surface area contributed by atoms with Gasteiger partial charge in [0, 0.05) is 24.8 Å². The number of hydrogen-bond donors (Lipinski definition) is 2. The lowest BCUT2D eigenvalue weighted by molar-refractivity contribution is 0.130. The molecule has 2 atom stereocenters. The van der Waals surface area contributed by atoms with E-state index in [2.05, 4.69) is 4.90 Å².